The van der Waals surface area contributed by atoms with Crippen LogP contribution in [0.25, 0.3) is 5.69 Å². The average molecular weight is 379 g/mol. The summed E-state index contributed by atoms with van der Waals surface area (Å²) in [5.74, 6) is 0.710. The molecule has 1 N–H and O–H groups in total. The third kappa shape index (κ3) is 2.79. The molecule has 0 bridgehead atoms. The van der Waals surface area contributed by atoms with Crippen molar-refractivity contribution in [2.45, 2.75) is 25.3 Å². The van der Waals surface area contributed by atoms with Gasteiger partial charge in [0.15, 0.2) is 11.5 Å². The highest BCUT2D eigenvalue weighted by molar-refractivity contribution is 5.95. The van der Waals surface area contributed by atoms with Crippen LogP contribution in [0.15, 0.2) is 48.7 Å². The van der Waals surface area contributed by atoms with Gasteiger partial charge in [-0.1, -0.05) is 12.1 Å². The Kier molecular flexibility index (Phi) is 4.00. The summed E-state index contributed by atoms with van der Waals surface area (Å²) < 4.78 is 26.5. The van der Waals surface area contributed by atoms with Crippen LogP contribution in [-0.4, -0.2) is 22.5 Å². The monoisotopic (exact) mass is 379 g/mol. The van der Waals surface area contributed by atoms with Gasteiger partial charge < -0.3 is 14.8 Å². The number of nitrogens with zero attached hydrogens (tertiary/aromatic N) is 2. The maximum atomic E-state index is 14.2. The van der Waals surface area contributed by atoms with E-state index in [1.54, 1.807) is 47.3 Å². The highest BCUT2D eigenvalue weighted by Crippen LogP contribution is 2.34. The van der Waals surface area contributed by atoms with Crippen LogP contribution in [0, 0.1) is 5.82 Å². The molecule has 142 valence electrons. The van der Waals surface area contributed by atoms with E-state index in [1.807, 2.05) is 0 Å². The van der Waals surface area contributed by atoms with E-state index in [4.69, 9.17) is 9.47 Å². The molecule has 3 aromatic rings. The second-order valence-electron chi connectivity index (χ2n) is 6.90. The highest BCUT2D eigenvalue weighted by Gasteiger charge is 2.27. The van der Waals surface area contributed by atoms with Gasteiger partial charge in [-0.15, -0.1) is 0 Å². The van der Waals surface area contributed by atoms with Gasteiger partial charge in [-0.3, -0.25) is 4.79 Å². The Balaban J connectivity index is 1.41. The molecule has 0 saturated heterocycles. The van der Waals surface area contributed by atoms with Gasteiger partial charge in [0.25, 0.3) is 5.91 Å². The summed E-state index contributed by atoms with van der Waals surface area (Å²) in [6, 6.07) is 11.5. The summed E-state index contributed by atoms with van der Waals surface area (Å²) in [6.07, 6.45) is 4.22. The van der Waals surface area contributed by atoms with E-state index >= 15 is 0 Å². The first-order chi connectivity index (χ1) is 13.7. The van der Waals surface area contributed by atoms with Crippen LogP contribution in [0.1, 0.15) is 40.5 Å². The molecule has 2 heterocycles. The molecule has 1 aromatic heterocycles. The topological polar surface area (TPSA) is 65.4 Å². The van der Waals surface area contributed by atoms with Crippen molar-refractivity contribution < 1.29 is 18.7 Å². The summed E-state index contributed by atoms with van der Waals surface area (Å²) in [5, 5.41) is 7.47. The zero-order chi connectivity index (χ0) is 19.1. The van der Waals surface area contributed by atoms with Crippen molar-refractivity contribution in [2.24, 2.45) is 0 Å². The number of halogens is 1. The maximum Gasteiger partial charge on any atom is 0.251 e. The predicted molar refractivity (Wildman–Crippen MR) is 99.2 cm³/mol. The zero-order valence-electron chi connectivity index (χ0n) is 15.0. The number of hydrogen-bond acceptors (Lipinski definition) is 4. The van der Waals surface area contributed by atoms with Gasteiger partial charge >= 0.3 is 0 Å². The lowest BCUT2D eigenvalue weighted by atomic mass is 9.92. The molecule has 1 aliphatic carbocycles. The number of amides is 1. The van der Waals surface area contributed by atoms with Crippen molar-refractivity contribution in [3.05, 3.63) is 71.3 Å². The number of nitrogens with one attached hydrogen (secondary N) is 1. The van der Waals surface area contributed by atoms with Crippen LogP contribution in [0.4, 0.5) is 4.39 Å². The molecule has 2 aliphatic rings. The smallest absolute Gasteiger partial charge is 0.251 e. The summed E-state index contributed by atoms with van der Waals surface area (Å²) in [6.45, 7) is 0.168. The number of ether oxygens (including phenoxy) is 2. The van der Waals surface area contributed by atoms with E-state index in [2.05, 4.69) is 10.4 Å². The van der Waals surface area contributed by atoms with E-state index < -0.39 is 0 Å². The summed E-state index contributed by atoms with van der Waals surface area (Å²) in [5.41, 5.74) is 2.81. The van der Waals surface area contributed by atoms with Crippen molar-refractivity contribution in [3.63, 3.8) is 0 Å². The van der Waals surface area contributed by atoms with E-state index in [0.29, 0.717) is 22.7 Å². The largest absolute Gasteiger partial charge is 0.454 e. The Hall–Kier alpha value is -3.35. The third-order valence-electron chi connectivity index (χ3n) is 5.20. The predicted octanol–water partition coefficient (Wildman–Crippen LogP) is 3.55. The van der Waals surface area contributed by atoms with Gasteiger partial charge in [0.05, 0.1) is 12.2 Å². The first-order valence-electron chi connectivity index (χ1n) is 9.23. The lowest BCUT2D eigenvalue weighted by molar-refractivity contribution is 0.0932. The molecular formula is C21H18FN3O3. The molecule has 0 fully saturated rings. The van der Waals surface area contributed by atoms with E-state index in [1.165, 1.54) is 6.07 Å². The van der Waals surface area contributed by atoms with Crippen LogP contribution in [0.3, 0.4) is 0 Å². The quantitative estimate of drug-likeness (QED) is 0.756. The molecular weight excluding hydrogens is 361 g/mol. The molecule has 28 heavy (non-hydrogen) atoms. The number of carbonyl (C=O) groups excluding carboxylic acids is 1. The van der Waals surface area contributed by atoms with E-state index in [-0.39, 0.29) is 24.6 Å². The maximum absolute atomic E-state index is 14.2. The van der Waals surface area contributed by atoms with Crippen LogP contribution >= 0.6 is 0 Å². The molecule has 5 rings (SSSR count). The van der Waals surface area contributed by atoms with Gasteiger partial charge in [0, 0.05) is 16.8 Å². The normalized spacial score (nSPS) is 17.2. The van der Waals surface area contributed by atoms with Crippen LogP contribution in [0.5, 0.6) is 11.5 Å². The van der Waals surface area contributed by atoms with Crippen LogP contribution < -0.4 is 14.8 Å². The molecule has 0 spiro atoms. The number of para-hydroxylation sites is 1. The average Bonchev–Trinajstić information content (AvgIpc) is 3.35. The minimum atomic E-state index is -0.320. The second kappa shape index (κ2) is 6.67. The SMILES string of the molecule is O=C(NC1CCCc2c1cnn2-c1ccccc1F)c1ccc2c(c1)OCO2. The Morgan fingerprint density at radius 3 is 2.93 bits per heavy atom. The fourth-order valence-electron chi connectivity index (χ4n) is 3.82. The molecule has 2 aromatic carbocycles. The van der Waals surface area contributed by atoms with Crippen molar-refractivity contribution in [3.8, 4) is 17.2 Å². The van der Waals surface area contributed by atoms with Gasteiger partial charge in [-0.25, -0.2) is 9.07 Å². The Labute approximate surface area is 160 Å². The molecule has 1 amide bonds. The number of hydrogen-bond donors (Lipinski definition) is 1. The van der Waals surface area contributed by atoms with Gasteiger partial charge in [0.1, 0.15) is 11.5 Å². The Morgan fingerprint density at radius 1 is 1.18 bits per heavy atom. The standard InChI is InChI=1S/C21H18FN3O3/c22-15-4-1-2-6-18(15)25-17-7-3-5-16(14(17)11-23-25)24-21(26)13-8-9-19-20(10-13)28-12-27-19/h1-2,4,6,8-11,16H,3,5,7,12H2,(H,24,26). The number of carbonyl (C=O) groups is 1. The third-order valence-corrected chi connectivity index (χ3v) is 5.20. The first-order valence-corrected chi connectivity index (χ1v) is 9.23. The molecule has 1 unspecified atom stereocenters. The van der Waals surface area contributed by atoms with Gasteiger partial charge in [0.2, 0.25) is 6.79 Å². The molecule has 0 saturated carbocycles. The van der Waals surface area contributed by atoms with Crippen molar-refractivity contribution in [1.29, 1.82) is 0 Å². The number of rotatable bonds is 3. The second-order valence-corrected chi connectivity index (χ2v) is 6.90. The summed E-state index contributed by atoms with van der Waals surface area (Å²) >= 11 is 0. The Bertz CT molecular complexity index is 1060. The molecule has 0 radical (unpaired) electrons. The molecule has 1 atom stereocenters. The lowest BCUT2D eigenvalue weighted by Gasteiger charge is -2.24. The van der Waals surface area contributed by atoms with Gasteiger partial charge in [-0.2, -0.15) is 5.10 Å². The van der Waals surface area contributed by atoms with Crippen molar-refractivity contribution in [1.82, 2.24) is 15.1 Å². The summed E-state index contributed by atoms with van der Waals surface area (Å²) in [7, 11) is 0. The van der Waals surface area contributed by atoms with E-state index in [0.717, 1.165) is 30.5 Å². The van der Waals surface area contributed by atoms with Crippen molar-refractivity contribution in [2.75, 3.05) is 6.79 Å². The number of benzene rings is 2. The lowest BCUT2D eigenvalue weighted by Crippen LogP contribution is -2.31. The molecule has 6 nitrogen and oxygen atoms in total. The minimum Gasteiger partial charge on any atom is -0.454 e. The molecule has 7 heteroatoms. The van der Waals surface area contributed by atoms with Crippen LogP contribution in [0.2, 0.25) is 0 Å². The fraction of sp³-hybridized carbons (Fsp3) is 0.238. The van der Waals surface area contributed by atoms with E-state index in [9.17, 15) is 9.18 Å². The zero-order valence-corrected chi connectivity index (χ0v) is 15.0. The van der Waals surface area contributed by atoms with Crippen molar-refractivity contribution >= 4 is 5.91 Å². The minimum absolute atomic E-state index is 0.165. The Morgan fingerprint density at radius 2 is 2.04 bits per heavy atom. The van der Waals surface area contributed by atoms with Crippen LogP contribution in [-0.2, 0) is 6.42 Å². The number of aromatic nitrogens is 2. The van der Waals surface area contributed by atoms with Gasteiger partial charge in [-0.05, 0) is 49.6 Å². The highest BCUT2D eigenvalue weighted by atomic mass is 19.1. The fourth-order valence-corrected chi connectivity index (χ4v) is 3.82. The summed E-state index contributed by atoms with van der Waals surface area (Å²) in [4.78, 5) is 12.8. The first kappa shape index (κ1) is 16.8. The molecule has 1 aliphatic heterocycles. The number of fused-ring (bicyclic) bond motifs is 2.